The van der Waals surface area contributed by atoms with Crippen molar-refractivity contribution in [2.24, 2.45) is 0 Å². The minimum absolute atomic E-state index is 0.00374. The van der Waals surface area contributed by atoms with E-state index in [4.69, 9.17) is 11.2 Å². The largest absolute Gasteiger partial charge is 0.467 e. The van der Waals surface area contributed by atoms with Gasteiger partial charge in [0.2, 0.25) is 5.91 Å². The van der Waals surface area contributed by atoms with Crippen molar-refractivity contribution in [2.75, 3.05) is 38.7 Å². The van der Waals surface area contributed by atoms with Gasteiger partial charge in [-0.1, -0.05) is 36.8 Å². The molecule has 5 heterocycles. The first-order valence-electron chi connectivity index (χ1n) is 16.5. The monoisotopic (exact) mass is 690 g/mol. The molecule has 0 spiro atoms. The van der Waals surface area contributed by atoms with E-state index >= 15 is 4.39 Å². The highest BCUT2D eigenvalue weighted by atomic mass is 19.3. The van der Waals surface area contributed by atoms with Crippen LogP contribution in [-0.4, -0.2) is 95.3 Å². The van der Waals surface area contributed by atoms with Crippen molar-refractivity contribution in [1.82, 2.24) is 24.8 Å². The zero-order chi connectivity index (χ0) is 35.7. The number of methoxy groups -OCH3 is 1. The number of carbonyl (C=O) groups is 1. The van der Waals surface area contributed by atoms with Crippen LogP contribution in [0.5, 0.6) is 6.01 Å². The highest BCUT2D eigenvalue weighted by molar-refractivity contribution is 6.02. The van der Waals surface area contributed by atoms with Crippen molar-refractivity contribution in [1.29, 1.82) is 0 Å². The molecule has 262 valence electrons. The summed E-state index contributed by atoms with van der Waals surface area (Å²) < 4.78 is 64.2. The van der Waals surface area contributed by atoms with Crippen LogP contribution in [0.15, 0.2) is 49.2 Å². The second kappa shape index (κ2) is 14.6. The highest BCUT2D eigenvalue weighted by Crippen LogP contribution is 2.37. The molecular formula is C37H38F4N6O3. The zero-order valence-corrected chi connectivity index (χ0v) is 28.1. The Balaban J connectivity index is 0.000000302. The summed E-state index contributed by atoms with van der Waals surface area (Å²) in [7, 11) is 3.24. The average molecular weight is 691 g/mol. The number of hydrogen-bond donors (Lipinski definition) is 0. The van der Waals surface area contributed by atoms with Crippen molar-refractivity contribution in [3.63, 3.8) is 0 Å². The third-order valence-corrected chi connectivity index (χ3v) is 9.99. The summed E-state index contributed by atoms with van der Waals surface area (Å²) in [5, 5.41) is 1.43. The van der Waals surface area contributed by atoms with E-state index in [1.807, 2.05) is 18.9 Å². The minimum Gasteiger partial charge on any atom is -0.467 e. The number of aromatic nitrogens is 3. The molecule has 3 aliphatic heterocycles. The van der Waals surface area contributed by atoms with Crippen LogP contribution in [0.25, 0.3) is 32.9 Å². The number of halogens is 4. The molecule has 13 heteroatoms. The van der Waals surface area contributed by atoms with E-state index in [-0.39, 0.29) is 46.9 Å². The van der Waals surface area contributed by atoms with Crippen LogP contribution in [0.1, 0.15) is 38.2 Å². The Kier molecular flexibility index (Phi) is 10.2. The number of anilines is 1. The molecule has 0 bridgehead atoms. The number of terminal acetylenes is 1. The summed E-state index contributed by atoms with van der Waals surface area (Å²) >= 11 is 0. The number of carbonyl (C=O) groups excluding carboxylic acids is 1. The predicted octanol–water partition coefficient (Wildman–Crippen LogP) is 6.19. The number of hydrogen-bond acceptors (Lipinski definition) is 8. The number of fused-ring (bicyclic) bond motifs is 3. The Morgan fingerprint density at radius 1 is 1.18 bits per heavy atom. The average Bonchev–Trinajstić information content (AvgIpc) is 3.82. The molecule has 4 aromatic rings. The van der Waals surface area contributed by atoms with E-state index in [0.717, 1.165) is 19.4 Å². The number of ether oxygens (including phenoxy) is 2. The van der Waals surface area contributed by atoms with Crippen molar-refractivity contribution in [2.45, 2.75) is 63.4 Å². The minimum atomic E-state index is -2.60. The molecular weight excluding hydrogens is 652 g/mol. The van der Waals surface area contributed by atoms with E-state index in [1.54, 1.807) is 29.2 Å². The van der Waals surface area contributed by atoms with Gasteiger partial charge in [0, 0.05) is 49.4 Å². The van der Waals surface area contributed by atoms with Gasteiger partial charge in [-0.3, -0.25) is 14.7 Å². The van der Waals surface area contributed by atoms with Gasteiger partial charge in [0.25, 0.3) is 0 Å². The molecule has 0 aliphatic carbocycles. The smallest absolute Gasteiger partial charge is 0.345 e. The van der Waals surface area contributed by atoms with Gasteiger partial charge < -0.3 is 19.3 Å². The number of likely N-dealkylation sites (N-methyl/N-ethyl adjacent to an activating group) is 1. The fourth-order valence-electron chi connectivity index (χ4n) is 7.57. The Hall–Kier alpha value is -4.80. The van der Waals surface area contributed by atoms with Gasteiger partial charge in [-0.05, 0) is 56.7 Å². The third-order valence-electron chi connectivity index (χ3n) is 9.99. The fraction of sp³-hybridized carbons (Fsp3) is 0.405. The quantitative estimate of drug-likeness (QED) is 0.129. The van der Waals surface area contributed by atoms with Gasteiger partial charge in [0.1, 0.15) is 22.8 Å². The van der Waals surface area contributed by atoms with Crippen molar-refractivity contribution in [3.8, 4) is 29.6 Å². The Morgan fingerprint density at radius 3 is 2.68 bits per heavy atom. The Bertz CT molecular complexity index is 1960. The van der Waals surface area contributed by atoms with Gasteiger partial charge in [-0.25, -0.2) is 8.78 Å². The molecule has 0 radical (unpaired) electrons. The maximum absolute atomic E-state index is 16.2. The van der Waals surface area contributed by atoms with E-state index in [9.17, 15) is 18.0 Å². The number of amides is 1. The van der Waals surface area contributed by atoms with Crippen LogP contribution in [-0.2, 0) is 9.53 Å². The molecule has 4 atom stereocenters. The number of rotatable bonds is 7. The van der Waals surface area contributed by atoms with Gasteiger partial charge in [0.05, 0.1) is 30.2 Å². The van der Waals surface area contributed by atoms with Gasteiger partial charge in [-0.2, -0.15) is 18.7 Å². The summed E-state index contributed by atoms with van der Waals surface area (Å²) in [6.07, 6.45) is 12.0. The Labute approximate surface area is 287 Å². The molecule has 7 rings (SSSR count). The standard InChI is InChI=1S/C29H25F2N5O2.C8H13F2NO/c1-6-18-21(30)12-11-17-9-8-10-19(24(17)18)26-25(31)27-20(15-32-26)28(34-29(33-27)38-5)35(4)22-13-14-36(16(22)3)23(37)7-2;9-8(10)12-7-4-6-2-1-3-11(6)5-7/h1,7-12,15-16,22H,2,13-14H2,3-5H3;6-8H,1-5H2. The molecule has 4 unspecified atom stereocenters. The highest BCUT2D eigenvalue weighted by Gasteiger charge is 2.38. The molecule has 3 fully saturated rings. The number of likely N-dealkylation sites (tertiary alicyclic amines) is 1. The van der Waals surface area contributed by atoms with Crippen molar-refractivity contribution < 1.29 is 31.8 Å². The van der Waals surface area contributed by atoms with Crippen LogP contribution >= 0.6 is 0 Å². The van der Waals surface area contributed by atoms with E-state index in [1.165, 1.54) is 31.9 Å². The van der Waals surface area contributed by atoms with Crippen molar-refractivity contribution >= 4 is 33.4 Å². The summed E-state index contributed by atoms with van der Waals surface area (Å²) in [6, 6.07) is 8.32. The number of alkyl halides is 2. The number of pyridine rings is 1. The predicted molar refractivity (Wildman–Crippen MR) is 183 cm³/mol. The first-order chi connectivity index (χ1) is 24.1. The number of nitrogens with zero attached hydrogens (tertiary/aromatic N) is 6. The second-order valence-corrected chi connectivity index (χ2v) is 12.7. The molecule has 9 nitrogen and oxygen atoms in total. The van der Waals surface area contributed by atoms with Gasteiger partial charge in [-0.15, -0.1) is 6.42 Å². The first-order valence-corrected chi connectivity index (χ1v) is 16.5. The maximum Gasteiger partial charge on any atom is 0.345 e. The van der Waals surface area contributed by atoms with Gasteiger partial charge >= 0.3 is 12.6 Å². The zero-order valence-electron chi connectivity index (χ0n) is 28.1. The molecule has 2 aromatic heterocycles. The number of benzene rings is 2. The lowest BCUT2D eigenvalue weighted by Gasteiger charge is -2.31. The van der Waals surface area contributed by atoms with E-state index in [2.05, 4.69) is 37.1 Å². The first kappa shape index (κ1) is 35.0. The summed E-state index contributed by atoms with van der Waals surface area (Å²) in [5.41, 5.74) is 0.374. The third kappa shape index (κ3) is 6.57. The second-order valence-electron chi connectivity index (χ2n) is 12.7. The fourth-order valence-corrected chi connectivity index (χ4v) is 7.57. The van der Waals surface area contributed by atoms with Crippen LogP contribution in [0, 0.1) is 24.0 Å². The lowest BCUT2D eigenvalue weighted by Crippen LogP contribution is -2.43. The molecule has 3 saturated heterocycles. The normalized spacial score (nSPS) is 21.6. The molecule has 0 saturated carbocycles. The molecule has 0 N–H and O–H groups in total. The van der Waals surface area contributed by atoms with E-state index in [0.29, 0.717) is 53.1 Å². The molecule has 50 heavy (non-hydrogen) atoms. The molecule has 1 amide bonds. The SMILES string of the molecule is C#Cc1c(F)ccc2cccc(-c3ncc4c(N(C)C5CCN(C(=O)C=C)C5C)nc(OC)nc4c3F)c12.FC(F)OC1CC2CCCN2C1. The topological polar surface area (TPSA) is 83.9 Å². The Morgan fingerprint density at radius 2 is 1.98 bits per heavy atom. The molecule has 2 aromatic carbocycles. The lowest BCUT2D eigenvalue weighted by molar-refractivity contribution is -0.159. The van der Waals surface area contributed by atoms with Crippen LogP contribution in [0.2, 0.25) is 0 Å². The lowest BCUT2D eigenvalue weighted by atomic mass is 9.96. The van der Waals surface area contributed by atoms with Crippen LogP contribution in [0.4, 0.5) is 23.4 Å². The van der Waals surface area contributed by atoms with Gasteiger partial charge in [0.15, 0.2) is 5.82 Å². The summed E-state index contributed by atoms with van der Waals surface area (Å²) in [4.78, 5) is 31.4. The summed E-state index contributed by atoms with van der Waals surface area (Å²) in [5.74, 6) is 1.38. The van der Waals surface area contributed by atoms with Crippen molar-refractivity contribution in [3.05, 3.63) is 66.4 Å². The van der Waals surface area contributed by atoms with Crippen LogP contribution < -0.4 is 9.64 Å². The van der Waals surface area contributed by atoms with E-state index < -0.39 is 18.2 Å². The molecule has 3 aliphatic rings. The van der Waals surface area contributed by atoms with Crippen LogP contribution in [0.3, 0.4) is 0 Å². The maximum atomic E-state index is 16.2. The summed E-state index contributed by atoms with van der Waals surface area (Å²) in [6.45, 7) is 5.27.